The molecule has 0 saturated carbocycles. The van der Waals surface area contributed by atoms with Gasteiger partial charge < -0.3 is 29.2 Å². The van der Waals surface area contributed by atoms with Gasteiger partial charge in [-0.3, -0.25) is 9.36 Å². The predicted octanol–water partition coefficient (Wildman–Crippen LogP) is 1.76. The van der Waals surface area contributed by atoms with Gasteiger partial charge in [0.05, 0.1) is 45.8 Å². The van der Waals surface area contributed by atoms with Crippen molar-refractivity contribution in [2.75, 3.05) is 64.3 Å². The lowest BCUT2D eigenvalue weighted by Crippen LogP contribution is -2.38. The molecule has 0 spiro atoms. The highest BCUT2D eigenvalue weighted by molar-refractivity contribution is 7.99. The third-order valence-corrected chi connectivity index (χ3v) is 6.88. The van der Waals surface area contributed by atoms with Crippen LogP contribution in [0.4, 0.5) is 5.95 Å². The van der Waals surface area contributed by atoms with Crippen LogP contribution in [-0.4, -0.2) is 86.2 Å². The van der Waals surface area contributed by atoms with Crippen molar-refractivity contribution in [3.63, 3.8) is 0 Å². The molecule has 1 unspecified atom stereocenters. The molecule has 3 heterocycles. The Labute approximate surface area is 204 Å². The quantitative estimate of drug-likeness (QED) is 0.471. The lowest BCUT2D eigenvalue weighted by Gasteiger charge is -2.28. The van der Waals surface area contributed by atoms with Crippen molar-refractivity contribution < 1.29 is 23.7 Å². The monoisotopic (exact) mass is 491 g/mol. The SMILES string of the molecule is COc1ccc(CCNC(=O)CSc2nnc(N3CCOCC3)n2CC2CCCO2)cc1OC. The first-order valence-electron chi connectivity index (χ1n) is 11.7. The molecule has 186 valence electrons. The highest BCUT2D eigenvalue weighted by Crippen LogP contribution is 2.28. The van der Waals surface area contributed by atoms with E-state index in [2.05, 4.69) is 25.0 Å². The molecular weight excluding hydrogens is 458 g/mol. The number of amides is 1. The summed E-state index contributed by atoms with van der Waals surface area (Å²) < 4.78 is 24.0. The number of rotatable bonds is 11. The lowest BCUT2D eigenvalue weighted by atomic mass is 10.1. The van der Waals surface area contributed by atoms with Gasteiger partial charge in [-0.2, -0.15) is 0 Å². The van der Waals surface area contributed by atoms with Gasteiger partial charge in [0.25, 0.3) is 0 Å². The molecule has 34 heavy (non-hydrogen) atoms. The molecule has 2 fully saturated rings. The maximum Gasteiger partial charge on any atom is 0.230 e. The minimum Gasteiger partial charge on any atom is -0.493 e. The van der Waals surface area contributed by atoms with Crippen LogP contribution in [0.5, 0.6) is 11.5 Å². The summed E-state index contributed by atoms with van der Waals surface area (Å²) in [6, 6.07) is 5.78. The number of carbonyl (C=O) groups is 1. The standard InChI is InChI=1S/C23H33N5O5S/c1-30-19-6-5-17(14-20(19)31-2)7-8-24-21(29)16-34-23-26-25-22(27-9-12-32-13-10-27)28(23)15-18-4-3-11-33-18/h5-6,14,18H,3-4,7-13,15-16H2,1-2H3,(H,24,29). The molecule has 0 bridgehead atoms. The Balaban J connectivity index is 1.31. The molecule has 2 saturated heterocycles. The average Bonchev–Trinajstić information content (AvgIpc) is 3.53. The van der Waals surface area contributed by atoms with E-state index >= 15 is 0 Å². The number of hydrogen-bond donors (Lipinski definition) is 1. The number of morpholine rings is 1. The molecule has 1 aromatic heterocycles. The lowest BCUT2D eigenvalue weighted by molar-refractivity contribution is -0.118. The average molecular weight is 492 g/mol. The van der Waals surface area contributed by atoms with Gasteiger partial charge in [0.1, 0.15) is 0 Å². The number of nitrogens with zero attached hydrogens (tertiary/aromatic N) is 4. The fourth-order valence-electron chi connectivity index (χ4n) is 4.10. The number of methoxy groups -OCH3 is 2. The van der Waals surface area contributed by atoms with Crippen molar-refractivity contribution in [2.45, 2.75) is 37.1 Å². The Morgan fingerprint density at radius 2 is 2.00 bits per heavy atom. The van der Waals surface area contributed by atoms with Crippen LogP contribution in [0, 0.1) is 0 Å². The number of carbonyl (C=O) groups excluding carboxylic acids is 1. The van der Waals surface area contributed by atoms with Crippen molar-refractivity contribution in [3.8, 4) is 11.5 Å². The van der Waals surface area contributed by atoms with E-state index in [9.17, 15) is 4.79 Å². The fraction of sp³-hybridized carbons (Fsp3) is 0.609. The molecule has 11 heteroatoms. The van der Waals surface area contributed by atoms with E-state index < -0.39 is 0 Å². The van der Waals surface area contributed by atoms with Gasteiger partial charge in [-0.1, -0.05) is 17.8 Å². The van der Waals surface area contributed by atoms with Crippen LogP contribution >= 0.6 is 11.8 Å². The normalized spacial score (nSPS) is 18.2. The number of aromatic nitrogens is 3. The first-order chi connectivity index (χ1) is 16.7. The van der Waals surface area contributed by atoms with Crippen LogP contribution in [0.2, 0.25) is 0 Å². The molecule has 10 nitrogen and oxygen atoms in total. The van der Waals surface area contributed by atoms with Crippen molar-refractivity contribution in [3.05, 3.63) is 23.8 Å². The van der Waals surface area contributed by atoms with E-state index in [-0.39, 0.29) is 17.8 Å². The third-order valence-electron chi connectivity index (χ3n) is 5.92. The Morgan fingerprint density at radius 3 is 2.74 bits per heavy atom. The molecule has 2 aliphatic rings. The second-order valence-corrected chi connectivity index (χ2v) is 9.15. The fourth-order valence-corrected chi connectivity index (χ4v) is 4.87. The summed E-state index contributed by atoms with van der Waals surface area (Å²) in [4.78, 5) is 14.7. The minimum atomic E-state index is -0.0370. The van der Waals surface area contributed by atoms with Crippen LogP contribution in [0.15, 0.2) is 23.4 Å². The number of anilines is 1. The van der Waals surface area contributed by atoms with Crippen molar-refractivity contribution in [2.24, 2.45) is 0 Å². The van der Waals surface area contributed by atoms with Gasteiger partial charge >= 0.3 is 0 Å². The number of ether oxygens (including phenoxy) is 4. The number of benzene rings is 1. The number of thioether (sulfide) groups is 1. The van der Waals surface area contributed by atoms with Crippen LogP contribution in [0.1, 0.15) is 18.4 Å². The zero-order valence-corrected chi connectivity index (χ0v) is 20.6. The molecule has 0 aliphatic carbocycles. The van der Waals surface area contributed by atoms with Crippen LogP contribution in [0.3, 0.4) is 0 Å². The molecule has 2 aliphatic heterocycles. The largest absolute Gasteiger partial charge is 0.493 e. The van der Waals surface area contributed by atoms with Crippen molar-refractivity contribution >= 4 is 23.6 Å². The second kappa shape index (κ2) is 12.3. The van der Waals surface area contributed by atoms with E-state index in [0.717, 1.165) is 49.2 Å². The summed E-state index contributed by atoms with van der Waals surface area (Å²) in [5.41, 5.74) is 1.07. The Bertz CT molecular complexity index is 944. The van der Waals surface area contributed by atoms with Gasteiger partial charge in [0, 0.05) is 26.2 Å². The highest BCUT2D eigenvalue weighted by Gasteiger charge is 2.25. The number of nitrogens with one attached hydrogen (secondary N) is 1. The number of hydrogen-bond acceptors (Lipinski definition) is 9. The summed E-state index contributed by atoms with van der Waals surface area (Å²) in [5, 5.41) is 12.6. The molecule has 1 N–H and O–H groups in total. The van der Waals surface area contributed by atoms with Crippen molar-refractivity contribution in [1.29, 1.82) is 0 Å². The maximum atomic E-state index is 12.5. The topological polar surface area (TPSA) is 100.0 Å². The van der Waals surface area contributed by atoms with E-state index in [4.69, 9.17) is 18.9 Å². The second-order valence-electron chi connectivity index (χ2n) is 8.21. The molecule has 1 amide bonds. The van der Waals surface area contributed by atoms with Gasteiger partial charge in [-0.05, 0) is 37.0 Å². The van der Waals surface area contributed by atoms with Gasteiger partial charge in [-0.15, -0.1) is 10.2 Å². The molecule has 1 aromatic carbocycles. The molecule has 1 atom stereocenters. The molecule has 2 aromatic rings. The summed E-state index contributed by atoms with van der Waals surface area (Å²) in [6.07, 6.45) is 2.96. The summed E-state index contributed by atoms with van der Waals surface area (Å²) in [7, 11) is 3.23. The van der Waals surface area contributed by atoms with Crippen LogP contribution < -0.4 is 19.7 Å². The van der Waals surface area contributed by atoms with Gasteiger partial charge in [0.15, 0.2) is 16.7 Å². The van der Waals surface area contributed by atoms with Crippen LogP contribution in [0.25, 0.3) is 0 Å². The molecule has 0 radical (unpaired) electrons. The Kier molecular flexibility index (Phi) is 8.89. The van der Waals surface area contributed by atoms with E-state index in [1.807, 2.05) is 18.2 Å². The summed E-state index contributed by atoms with van der Waals surface area (Å²) >= 11 is 1.41. The first kappa shape index (κ1) is 24.6. The van der Waals surface area contributed by atoms with E-state index in [0.29, 0.717) is 44.2 Å². The molecule has 4 rings (SSSR count). The third kappa shape index (κ3) is 6.34. The highest BCUT2D eigenvalue weighted by atomic mass is 32.2. The van der Waals surface area contributed by atoms with Crippen molar-refractivity contribution in [1.82, 2.24) is 20.1 Å². The Hall–Kier alpha value is -2.50. The van der Waals surface area contributed by atoms with Crippen LogP contribution in [-0.2, 0) is 27.2 Å². The minimum absolute atomic E-state index is 0.0370. The van der Waals surface area contributed by atoms with E-state index in [1.54, 1.807) is 14.2 Å². The first-order valence-corrected chi connectivity index (χ1v) is 12.6. The molecular formula is C23H33N5O5S. The van der Waals surface area contributed by atoms with Gasteiger partial charge in [-0.25, -0.2) is 0 Å². The Morgan fingerprint density at radius 1 is 1.18 bits per heavy atom. The van der Waals surface area contributed by atoms with Gasteiger partial charge in [0.2, 0.25) is 11.9 Å². The predicted molar refractivity (Wildman–Crippen MR) is 129 cm³/mol. The smallest absolute Gasteiger partial charge is 0.230 e. The summed E-state index contributed by atoms with van der Waals surface area (Å²) in [5.74, 6) is 2.44. The zero-order chi connectivity index (χ0) is 23.8. The zero-order valence-electron chi connectivity index (χ0n) is 19.8. The summed E-state index contributed by atoms with van der Waals surface area (Å²) in [6.45, 7) is 4.95. The van der Waals surface area contributed by atoms with E-state index in [1.165, 1.54) is 11.8 Å². The maximum absolute atomic E-state index is 12.5.